The molecule has 1 fully saturated rings. The summed E-state index contributed by atoms with van der Waals surface area (Å²) in [6.07, 6.45) is 5.66. The van der Waals surface area contributed by atoms with Crippen LogP contribution in [-0.2, 0) is 0 Å². The van der Waals surface area contributed by atoms with Crippen LogP contribution in [0.15, 0.2) is 18.2 Å². The highest BCUT2D eigenvalue weighted by Crippen LogP contribution is 2.28. The van der Waals surface area contributed by atoms with E-state index in [0.29, 0.717) is 12.1 Å². The van der Waals surface area contributed by atoms with Crippen LogP contribution in [0.25, 0.3) is 0 Å². The second kappa shape index (κ2) is 6.97. The summed E-state index contributed by atoms with van der Waals surface area (Å²) in [5, 5.41) is 19.6. The maximum Gasteiger partial charge on any atom is 0.254 e. The molecule has 0 spiro atoms. The van der Waals surface area contributed by atoms with Crippen LogP contribution < -0.4 is 0 Å². The van der Waals surface area contributed by atoms with Crippen LogP contribution in [0, 0.1) is 0 Å². The lowest BCUT2D eigenvalue weighted by Gasteiger charge is -2.34. The molecule has 0 aliphatic heterocycles. The molecule has 0 heterocycles. The summed E-state index contributed by atoms with van der Waals surface area (Å²) in [6.45, 7) is 0.658. The molecule has 1 aliphatic carbocycles. The van der Waals surface area contributed by atoms with Crippen molar-refractivity contribution in [2.75, 3.05) is 11.9 Å². The highest BCUT2D eigenvalue weighted by molar-refractivity contribution is 9.09. The maximum atomic E-state index is 12.6. The van der Waals surface area contributed by atoms with E-state index in [9.17, 15) is 15.0 Å². The van der Waals surface area contributed by atoms with Gasteiger partial charge in [-0.05, 0) is 31.0 Å². The fraction of sp³-hybridized carbons (Fsp3) is 0.533. The number of nitrogens with zero attached hydrogens (tertiary/aromatic N) is 1. The Kier molecular flexibility index (Phi) is 5.29. The number of phenols is 2. The van der Waals surface area contributed by atoms with Gasteiger partial charge in [0.2, 0.25) is 0 Å². The minimum atomic E-state index is -0.252. The Morgan fingerprint density at radius 3 is 2.50 bits per heavy atom. The van der Waals surface area contributed by atoms with E-state index >= 15 is 0 Å². The van der Waals surface area contributed by atoms with E-state index in [2.05, 4.69) is 15.9 Å². The van der Waals surface area contributed by atoms with Gasteiger partial charge >= 0.3 is 0 Å². The number of aromatic hydroxyl groups is 2. The van der Waals surface area contributed by atoms with Crippen molar-refractivity contribution in [1.82, 2.24) is 4.90 Å². The molecule has 4 nitrogen and oxygen atoms in total. The molecule has 0 atom stereocenters. The van der Waals surface area contributed by atoms with Crippen molar-refractivity contribution in [3.63, 3.8) is 0 Å². The van der Waals surface area contributed by atoms with Gasteiger partial charge in [0.1, 0.15) is 0 Å². The van der Waals surface area contributed by atoms with Crippen molar-refractivity contribution >= 4 is 21.8 Å². The number of amides is 1. The zero-order valence-corrected chi connectivity index (χ0v) is 13.0. The SMILES string of the molecule is O=C(c1ccc(O)c(O)c1)N(CCBr)C1CCCCC1. The molecule has 0 saturated heterocycles. The average molecular weight is 342 g/mol. The Labute approximate surface area is 127 Å². The van der Waals surface area contributed by atoms with Crippen LogP contribution in [0.2, 0.25) is 0 Å². The first-order valence-corrected chi connectivity index (χ1v) is 8.14. The minimum absolute atomic E-state index is 0.0772. The summed E-state index contributed by atoms with van der Waals surface area (Å²) in [4.78, 5) is 14.5. The van der Waals surface area contributed by atoms with E-state index in [1.807, 2.05) is 4.90 Å². The lowest BCUT2D eigenvalue weighted by Crippen LogP contribution is -2.42. The van der Waals surface area contributed by atoms with E-state index in [1.54, 1.807) is 6.07 Å². The van der Waals surface area contributed by atoms with Crippen LogP contribution in [0.4, 0.5) is 0 Å². The van der Waals surface area contributed by atoms with Crippen LogP contribution >= 0.6 is 15.9 Å². The van der Waals surface area contributed by atoms with Gasteiger partial charge in [0.25, 0.3) is 5.91 Å². The highest BCUT2D eigenvalue weighted by atomic mass is 79.9. The first-order chi connectivity index (χ1) is 9.63. The average Bonchev–Trinajstić information content (AvgIpc) is 2.48. The van der Waals surface area contributed by atoms with Crippen molar-refractivity contribution in [3.05, 3.63) is 23.8 Å². The molecule has 0 aromatic heterocycles. The van der Waals surface area contributed by atoms with Gasteiger partial charge in [0.05, 0.1) is 0 Å². The molecule has 0 radical (unpaired) electrons. The van der Waals surface area contributed by atoms with Gasteiger partial charge in [-0.15, -0.1) is 0 Å². The molecule has 1 amide bonds. The number of hydrogen-bond acceptors (Lipinski definition) is 3. The second-order valence-corrected chi connectivity index (χ2v) is 5.98. The summed E-state index contributed by atoms with van der Waals surface area (Å²) in [6, 6.07) is 4.53. The van der Waals surface area contributed by atoms with Crippen LogP contribution in [-0.4, -0.2) is 38.9 Å². The topological polar surface area (TPSA) is 60.8 Å². The Morgan fingerprint density at radius 1 is 1.20 bits per heavy atom. The summed E-state index contributed by atoms with van der Waals surface area (Å²) >= 11 is 3.40. The fourth-order valence-corrected chi connectivity index (χ4v) is 3.14. The number of carbonyl (C=O) groups is 1. The first kappa shape index (κ1) is 15.2. The van der Waals surface area contributed by atoms with Gasteiger partial charge in [-0.2, -0.15) is 0 Å². The largest absolute Gasteiger partial charge is 0.504 e. The summed E-state index contributed by atoms with van der Waals surface area (Å²) < 4.78 is 0. The van der Waals surface area contributed by atoms with Crippen molar-refractivity contribution in [2.45, 2.75) is 38.1 Å². The molecule has 1 aromatic carbocycles. The number of hydrogen-bond donors (Lipinski definition) is 2. The third-order valence-electron chi connectivity index (χ3n) is 3.82. The minimum Gasteiger partial charge on any atom is -0.504 e. The Morgan fingerprint density at radius 2 is 1.90 bits per heavy atom. The van der Waals surface area contributed by atoms with E-state index in [1.165, 1.54) is 18.6 Å². The van der Waals surface area contributed by atoms with E-state index in [0.717, 1.165) is 31.0 Å². The molecule has 1 aromatic rings. The Balaban J connectivity index is 2.18. The summed E-state index contributed by atoms with van der Waals surface area (Å²) in [5.74, 6) is -0.531. The maximum absolute atomic E-state index is 12.6. The number of carbonyl (C=O) groups excluding carboxylic acids is 1. The highest BCUT2D eigenvalue weighted by Gasteiger charge is 2.26. The molecule has 1 saturated carbocycles. The van der Waals surface area contributed by atoms with Gasteiger partial charge in [-0.3, -0.25) is 4.79 Å². The molecule has 2 rings (SSSR count). The van der Waals surface area contributed by atoms with Crippen LogP contribution in [0.5, 0.6) is 11.5 Å². The predicted octanol–water partition coefficient (Wildman–Crippen LogP) is 3.27. The molecule has 0 unspecified atom stereocenters. The lowest BCUT2D eigenvalue weighted by atomic mass is 9.93. The first-order valence-electron chi connectivity index (χ1n) is 7.02. The van der Waals surface area contributed by atoms with Gasteiger partial charge in [-0.25, -0.2) is 0 Å². The number of benzene rings is 1. The zero-order chi connectivity index (χ0) is 14.5. The third-order valence-corrected chi connectivity index (χ3v) is 4.18. The monoisotopic (exact) mass is 341 g/mol. The molecule has 0 bridgehead atoms. The molecule has 110 valence electrons. The van der Waals surface area contributed by atoms with Crippen molar-refractivity contribution in [1.29, 1.82) is 0 Å². The molecule has 20 heavy (non-hydrogen) atoms. The Hall–Kier alpha value is -1.23. The number of rotatable bonds is 4. The fourth-order valence-electron chi connectivity index (χ4n) is 2.76. The van der Waals surface area contributed by atoms with Crippen LogP contribution in [0.1, 0.15) is 42.5 Å². The lowest BCUT2D eigenvalue weighted by molar-refractivity contribution is 0.0650. The van der Waals surface area contributed by atoms with E-state index in [4.69, 9.17) is 0 Å². The van der Waals surface area contributed by atoms with Gasteiger partial charge in [0, 0.05) is 23.5 Å². The smallest absolute Gasteiger partial charge is 0.254 e. The molecular formula is C15H20BrNO3. The summed E-state index contributed by atoms with van der Waals surface area (Å²) in [7, 11) is 0. The number of alkyl halides is 1. The standard InChI is InChI=1S/C15H20BrNO3/c16-8-9-17(12-4-2-1-3-5-12)15(20)11-6-7-13(18)14(19)10-11/h6-7,10,12,18-19H,1-5,8-9H2. The number of phenolic OH excluding ortho intramolecular Hbond substituents is 2. The van der Waals surface area contributed by atoms with Crippen molar-refractivity contribution < 1.29 is 15.0 Å². The van der Waals surface area contributed by atoms with Gasteiger partial charge in [-0.1, -0.05) is 35.2 Å². The van der Waals surface area contributed by atoms with Gasteiger partial charge in [0.15, 0.2) is 11.5 Å². The quantitative estimate of drug-likeness (QED) is 0.652. The second-order valence-electron chi connectivity index (χ2n) is 5.18. The number of halogens is 1. The summed E-state index contributed by atoms with van der Waals surface area (Å²) in [5.41, 5.74) is 0.423. The van der Waals surface area contributed by atoms with Crippen molar-refractivity contribution in [3.8, 4) is 11.5 Å². The van der Waals surface area contributed by atoms with E-state index in [-0.39, 0.29) is 23.4 Å². The predicted molar refractivity (Wildman–Crippen MR) is 81.5 cm³/mol. The van der Waals surface area contributed by atoms with Crippen LogP contribution in [0.3, 0.4) is 0 Å². The van der Waals surface area contributed by atoms with Crippen molar-refractivity contribution in [2.24, 2.45) is 0 Å². The zero-order valence-electron chi connectivity index (χ0n) is 11.4. The van der Waals surface area contributed by atoms with Gasteiger partial charge < -0.3 is 15.1 Å². The molecule has 5 heteroatoms. The molecule has 1 aliphatic rings. The van der Waals surface area contributed by atoms with E-state index < -0.39 is 0 Å². The molecular weight excluding hydrogens is 322 g/mol. The third kappa shape index (κ3) is 3.45. The Bertz CT molecular complexity index is 472. The normalized spacial score (nSPS) is 16.1. The molecule has 2 N–H and O–H groups in total.